The Hall–Kier alpha value is -2.34. The second kappa shape index (κ2) is 10.1. The van der Waals surface area contributed by atoms with Crippen LogP contribution >= 0.6 is 0 Å². The summed E-state index contributed by atoms with van der Waals surface area (Å²) in [6.45, 7) is 5.99. The number of piperidine rings is 1. The average Bonchev–Trinajstić information content (AvgIpc) is 3.32. The Morgan fingerprint density at radius 1 is 1.30 bits per heavy atom. The third-order valence-electron chi connectivity index (χ3n) is 6.58. The van der Waals surface area contributed by atoms with Gasteiger partial charge >= 0.3 is 0 Å². The van der Waals surface area contributed by atoms with Gasteiger partial charge in [-0.2, -0.15) is 0 Å². The maximum atomic E-state index is 6.25. The molecule has 1 aromatic heterocycles. The number of aliphatic imine (C=N–C) groups is 1. The molecule has 6 nitrogen and oxygen atoms in total. The lowest BCUT2D eigenvalue weighted by Gasteiger charge is -2.39. The summed E-state index contributed by atoms with van der Waals surface area (Å²) in [5.74, 6) is 1.63. The fraction of sp³-hybridized carbons (Fsp3) is 0.583. The van der Waals surface area contributed by atoms with Crippen LogP contribution in [-0.4, -0.2) is 53.7 Å². The van der Waals surface area contributed by atoms with Crippen LogP contribution in [0.1, 0.15) is 55.9 Å². The Bertz CT molecular complexity index is 819. The van der Waals surface area contributed by atoms with Crippen molar-refractivity contribution in [2.75, 3.05) is 33.3 Å². The second-order valence-electron chi connectivity index (χ2n) is 8.57. The maximum absolute atomic E-state index is 6.25. The summed E-state index contributed by atoms with van der Waals surface area (Å²) >= 11 is 0. The Labute approximate surface area is 180 Å². The molecule has 3 atom stereocenters. The van der Waals surface area contributed by atoms with Crippen molar-refractivity contribution in [3.8, 4) is 0 Å². The molecule has 0 bridgehead atoms. The maximum Gasteiger partial charge on any atom is 0.193 e. The molecule has 4 rings (SSSR count). The van der Waals surface area contributed by atoms with E-state index in [0.29, 0.717) is 12.0 Å². The lowest BCUT2D eigenvalue weighted by molar-refractivity contribution is 0.0397. The number of rotatable bonds is 6. The smallest absolute Gasteiger partial charge is 0.193 e. The third kappa shape index (κ3) is 4.86. The monoisotopic (exact) mass is 409 g/mol. The first kappa shape index (κ1) is 20.9. The molecule has 162 valence electrons. The van der Waals surface area contributed by atoms with E-state index in [1.165, 1.54) is 24.0 Å². The molecule has 0 amide bonds. The van der Waals surface area contributed by atoms with Gasteiger partial charge in [0, 0.05) is 45.7 Å². The van der Waals surface area contributed by atoms with Gasteiger partial charge in [-0.05, 0) is 49.1 Å². The quantitative estimate of drug-likeness (QED) is 0.448. The Morgan fingerprint density at radius 3 is 3.03 bits per heavy atom. The number of benzene rings is 1. The molecule has 0 saturated carbocycles. The Balaban J connectivity index is 1.23. The molecule has 1 fully saturated rings. The molecule has 30 heavy (non-hydrogen) atoms. The molecule has 1 saturated heterocycles. The largest absolute Gasteiger partial charge is 0.373 e. The van der Waals surface area contributed by atoms with Gasteiger partial charge < -0.3 is 19.5 Å². The highest BCUT2D eigenvalue weighted by Gasteiger charge is 2.28. The van der Waals surface area contributed by atoms with E-state index in [0.717, 1.165) is 51.5 Å². The van der Waals surface area contributed by atoms with E-state index in [1.807, 2.05) is 19.6 Å². The van der Waals surface area contributed by atoms with Crippen LogP contribution in [0.25, 0.3) is 0 Å². The summed E-state index contributed by atoms with van der Waals surface area (Å²) in [6.07, 6.45) is 11.8. The van der Waals surface area contributed by atoms with Gasteiger partial charge in [-0.3, -0.25) is 4.99 Å². The highest BCUT2D eigenvalue weighted by Crippen LogP contribution is 2.32. The predicted molar refractivity (Wildman–Crippen MR) is 121 cm³/mol. The number of nitrogens with one attached hydrogen (secondary N) is 1. The van der Waals surface area contributed by atoms with Crippen LogP contribution in [-0.2, 0) is 11.2 Å². The van der Waals surface area contributed by atoms with Crippen LogP contribution in [0.2, 0.25) is 0 Å². The zero-order chi connectivity index (χ0) is 20.8. The third-order valence-corrected chi connectivity index (χ3v) is 6.58. The number of hydrogen-bond donors (Lipinski definition) is 1. The summed E-state index contributed by atoms with van der Waals surface area (Å²) in [7, 11) is 1.88. The van der Waals surface area contributed by atoms with Gasteiger partial charge in [0.1, 0.15) is 0 Å². The SMILES string of the molecule is CN=C(NCCCOC1CCCc2ccccc21)N1CCC(C)C(n2ccnc2)C1. The molecule has 2 heterocycles. The molecule has 0 radical (unpaired) electrons. The Kier molecular flexibility index (Phi) is 7.05. The molecule has 1 aliphatic carbocycles. The van der Waals surface area contributed by atoms with Crippen LogP contribution in [0.3, 0.4) is 0 Å². The van der Waals surface area contributed by atoms with Crippen LogP contribution in [0, 0.1) is 5.92 Å². The van der Waals surface area contributed by atoms with E-state index in [4.69, 9.17) is 4.74 Å². The van der Waals surface area contributed by atoms with Gasteiger partial charge in [-0.15, -0.1) is 0 Å². The summed E-state index contributed by atoms with van der Waals surface area (Å²) in [5, 5.41) is 3.55. The molecule has 2 aromatic rings. The number of aryl methyl sites for hydroxylation is 1. The molecule has 1 aromatic carbocycles. The van der Waals surface area contributed by atoms with E-state index in [-0.39, 0.29) is 6.10 Å². The van der Waals surface area contributed by atoms with Crippen molar-refractivity contribution in [3.05, 3.63) is 54.1 Å². The fourth-order valence-electron chi connectivity index (χ4n) is 4.81. The minimum absolute atomic E-state index is 0.258. The number of likely N-dealkylation sites (tertiary alicyclic amines) is 1. The van der Waals surface area contributed by atoms with Gasteiger partial charge in [0.25, 0.3) is 0 Å². The molecule has 1 aliphatic heterocycles. The van der Waals surface area contributed by atoms with E-state index >= 15 is 0 Å². The minimum atomic E-state index is 0.258. The van der Waals surface area contributed by atoms with Crippen LogP contribution < -0.4 is 5.32 Å². The summed E-state index contributed by atoms with van der Waals surface area (Å²) in [5.41, 5.74) is 2.85. The molecule has 0 spiro atoms. The second-order valence-corrected chi connectivity index (χ2v) is 8.57. The molecular weight excluding hydrogens is 374 g/mol. The van der Waals surface area contributed by atoms with Crippen molar-refractivity contribution < 1.29 is 4.74 Å². The van der Waals surface area contributed by atoms with Crippen molar-refractivity contribution in [3.63, 3.8) is 0 Å². The van der Waals surface area contributed by atoms with E-state index in [1.54, 1.807) is 0 Å². The standard InChI is InChI=1S/C24H35N5O/c1-19-11-14-28(17-22(19)29-15-13-26-18-29)24(25-2)27-12-6-16-30-23-10-5-8-20-7-3-4-9-21(20)23/h3-4,7,9,13,15,18-19,22-23H,5-6,8,10-12,14,16-17H2,1-2H3,(H,25,27). The molecule has 6 heteroatoms. The van der Waals surface area contributed by atoms with Crippen molar-refractivity contribution in [1.82, 2.24) is 19.8 Å². The minimum Gasteiger partial charge on any atom is -0.373 e. The normalized spacial score (nSPS) is 24.5. The van der Waals surface area contributed by atoms with Crippen LogP contribution in [0.4, 0.5) is 0 Å². The number of guanidine groups is 1. The van der Waals surface area contributed by atoms with Crippen LogP contribution in [0.5, 0.6) is 0 Å². The average molecular weight is 410 g/mol. The first-order valence-corrected chi connectivity index (χ1v) is 11.4. The van der Waals surface area contributed by atoms with Gasteiger partial charge in [-0.1, -0.05) is 31.2 Å². The van der Waals surface area contributed by atoms with Gasteiger partial charge in [0.05, 0.1) is 18.5 Å². The van der Waals surface area contributed by atoms with E-state index < -0.39 is 0 Å². The zero-order valence-electron chi connectivity index (χ0n) is 18.3. The van der Waals surface area contributed by atoms with Gasteiger partial charge in [-0.25, -0.2) is 4.98 Å². The highest BCUT2D eigenvalue weighted by molar-refractivity contribution is 5.80. The van der Waals surface area contributed by atoms with Gasteiger partial charge in [0.2, 0.25) is 0 Å². The van der Waals surface area contributed by atoms with Gasteiger partial charge in [0.15, 0.2) is 5.96 Å². The zero-order valence-corrected chi connectivity index (χ0v) is 18.3. The van der Waals surface area contributed by atoms with Crippen molar-refractivity contribution >= 4 is 5.96 Å². The number of fused-ring (bicyclic) bond motifs is 1. The number of hydrogen-bond acceptors (Lipinski definition) is 3. The van der Waals surface area contributed by atoms with E-state index in [2.05, 4.69) is 62.1 Å². The fourth-order valence-corrected chi connectivity index (χ4v) is 4.81. The summed E-state index contributed by atoms with van der Waals surface area (Å²) in [4.78, 5) is 11.1. The lowest BCUT2D eigenvalue weighted by Crippen LogP contribution is -2.49. The molecular formula is C24H35N5O. The van der Waals surface area contributed by atoms with Crippen molar-refractivity contribution in [1.29, 1.82) is 0 Å². The predicted octanol–water partition coefficient (Wildman–Crippen LogP) is 3.83. The number of aromatic nitrogens is 2. The first-order chi connectivity index (χ1) is 14.8. The highest BCUT2D eigenvalue weighted by atomic mass is 16.5. The van der Waals surface area contributed by atoms with Crippen LogP contribution in [0.15, 0.2) is 48.0 Å². The number of imidazole rings is 1. The Morgan fingerprint density at radius 2 is 2.20 bits per heavy atom. The first-order valence-electron chi connectivity index (χ1n) is 11.4. The lowest BCUT2D eigenvalue weighted by atomic mass is 9.89. The van der Waals surface area contributed by atoms with E-state index in [9.17, 15) is 0 Å². The molecule has 2 aliphatic rings. The number of ether oxygens (including phenoxy) is 1. The molecule has 3 unspecified atom stereocenters. The summed E-state index contributed by atoms with van der Waals surface area (Å²) in [6, 6.07) is 9.17. The van der Waals surface area contributed by atoms with Crippen molar-refractivity contribution in [2.24, 2.45) is 10.9 Å². The van der Waals surface area contributed by atoms with Crippen molar-refractivity contribution in [2.45, 2.75) is 51.2 Å². The molecule has 1 N–H and O–H groups in total. The number of nitrogens with zero attached hydrogens (tertiary/aromatic N) is 4. The summed E-state index contributed by atoms with van der Waals surface area (Å²) < 4.78 is 8.48. The topological polar surface area (TPSA) is 54.7 Å².